The van der Waals surface area contributed by atoms with Crippen LogP contribution in [0.5, 0.6) is 0 Å². The van der Waals surface area contributed by atoms with Crippen molar-refractivity contribution in [3.05, 3.63) is 46.0 Å². The highest BCUT2D eigenvalue weighted by atomic mass is 79.9. The minimum absolute atomic E-state index is 0.115. The van der Waals surface area contributed by atoms with Crippen LogP contribution in [-0.4, -0.2) is 23.0 Å². The van der Waals surface area contributed by atoms with Gasteiger partial charge in [0.15, 0.2) is 0 Å². The van der Waals surface area contributed by atoms with Gasteiger partial charge in [-0.15, -0.1) is 0 Å². The average Bonchev–Trinajstić information content (AvgIpc) is 3.16. The van der Waals surface area contributed by atoms with E-state index in [9.17, 15) is 9.59 Å². The molecule has 4 atom stereocenters. The number of allylic oxidation sites excluding steroid dienone is 2. The maximum absolute atomic E-state index is 12.8. The summed E-state index contributed by atoms with van der Waals surface area (Å²) < 4.78 is 0.986. The number of benzene rings is 1. The third-order valence-electron chi connectivity index (χ3n) is 6.35. The predicted octanol–water partition coefficient (Wildman–Crippen LogP) is 3.29. The van der Waals surface area contributed by atoms with Crippen LogP contribution >= 0.6 is 15.9 Å². The Hall–Kier alpha value is -1.75. The second-order valence-corrected chi connectivity index (χ2v) is 8.32. The summed E-state index contributed by atoms with van der Waals surface area (Å²) in [5, 5.41) is 5.35. The Bertz CT molecular complexity index is 806. The molecule has 1 aromatic rings. The molecule has 4 nitrogen and oxygen atoms in total. The molecule has 2 bridgehead atoms. The van der Waals surface area contributed by atoms with E-state index < -0.39 is 0 Å². The molecule has 1 heterocycles. The zero-order valence-corrected chi connectivity index (χ0v) is 14.9. The fourth-order valence-electron chi connectivity index (χ4n) is 4.99. The summed E-state index contributed by atoms with van der Waals surface area (Å²) in [6, 6.07) is 5.85. The first-order valence-electron chi connectivity index (χ1n) is 8.39. The summed E-state index contributed by atoms with van der Waals surface area (Å²) in [5.41, 5.74) is 2.23. The first-order valence-corrected chi connectivity index (χ1v) is 9.18. The largest absolute Gasteiger partial charge is 0.272 e. The number of amides is 2. The molecule has 1 aromatic carbocycles. The van der Waals surface area contributed by atoms with Gasteiger partial charge in [-0.1, -0.05) is 40.2 Å². The molecule has 1 spiro atoms. The molecule has 1 saturated heterocycles. The lowest BCUT2D eigenvalue weighted by atomic mass is 9.85. The molecule has 24 heavy (non-hydrogen) atoms. The maximum Gasteiger partial charge on any atom is 0.254 e. The van der Waals surface area contributed by atoms with Crippen molar-refractivity contribution in [3.8, 4) is 0 Å². The van der Waals surface area contributed by atoms with Crippen LogP contribution in [0.25, 0.3) is 0 Å². The summed E-state index contributed by atoms with van der Waals surface area (Å²) in [5.74, 6) is -0.102. The van der Waals surface area contributed by atoms with Crippen LogP contribution < -0.4 is 0 Å². The van der Waals surface area contributed by atoms with Crippen molar-refractivity contribution < 1.29 is 9.59 Å². The SMILES string of the molecule is Cc1ccc(/C=N\N2C(=O)[C@H]3[C@H](C2=O)[C@H]2C=C[C@H]3C23CC3)cc1Br. The monoisotopic (exact) mass is 384 g/mol. The molecule has 2 saturated carbocycles. The Labute approximate surface area is 148 Å². The van der Waals surface area contributed by atoms with Gasteiger partial charge in [-0.2, -0.15) is 10.1 Å². The van der Waals surface area contributed by atoms with Gasteiger partial charge in [0.25, 0.3) is 11.8 Å². The summed E-state index contributed by atoms with van der Waals surface area (Å²) in [6.07, 6.45) is 8.26. The van der Waals surface area contributed by atoms with Gasteiger partial charge in [0.05, 0.1) is 18.1 Å². The molecule has 0 N–H and O–H groups in total. The van der Waals surface area contributed by atoms with Crippen LogP contribution in [0.3, 0.4) is 0 Å². The van der Waals surface area contributed by atoms with E-state index in [0.29, 0.717) is 0 Å². The number of halogens is 1. The molecule has 0 radical (unpaired) electrons. The van der Waals surface area contributed by atoms with E-state index in [1.54, 1.807) is 6.21 Å². The third kappa shape index (κ3) is 1.71. The van der Waals surface area contributed by atoms with E-state index >= 15 is 0 Å². The minimum Gasteiger partial charge on any atom is -0.272 e. The van der Waals surface area contributed by atoms with Crippen LogP contribution in [0, 0.1) is 36.0 Å². The average molecular weight is 385 g/mol. The van der Waals surface area contributed by atoms with Crippen molar-refractivity contribution in [3.63, 3.8) is 0 Å². The van der Waals surface area contributed by atoms with E-state index in [-0.39, 0.29) is 40.9 Å². The van der Waals surface area contributed by atoms with Gasteiger partial charge in [0, 0.05) is 4.47 Å². The van der Waals surface area contributed by atoms with Crippen LogP contribution in [0.4, 0.5) is 0 Å². The second kappa shape index (κ2) is 4.66. The number of carbonyl (C=O) groups excluding carboxylic acids is 2. The van der Waals surface area contributed by atoms with Crippen LogP contribution in [0.1, 0.15) is 24.0 Å². The summed E-state index contributed by atoms with van der Waals surface area (Å²) in [7, 11) is 0. The first kappa shape index (κ1) is 14.6. The number of fused-ring (bicyclic) bond motifs is 3. The van der Waals surface area contributed by atoms with E-state index in [0.717, 1.165) is 33.5 Å². The number of aryl methyl sites for hydroxylation is 1. The van der Waals surface area contributed by atoms with E-state index in [1.165, 1.54) is 0 Å². The number of nitrogens with zero attached hydrogens (tertiary/aromatic N) is 2. The standard InChI is InChI=1S/C19H17BrN2O2/c1-10-2-3-11(8-14(10)20)9-21-22-17(23)15-12-4-5-13(16(15)18(22)24)19(12)6-7-19/h2-5,8-9,12-13,15-16H,6-7H2,1H3/b21-9-/t12-,13-,15-,16-/m1/s1. The molecule has 4 aliphatic rings. The summed E-state index contributed by atoms with van der Waals surface area (Å²) >= 11 is 3.49. The molecular formula is C19H17BrN2O2. The topological polar surface area (TPSA) is 49.7 Å². The Morgan fingerprint density at radius 1 is 1.17 bits per heavy atom. The highest BCUT2D eigenvalue weighted by molar-refractivity contribution is 9.10. The van der Waals surface area contributed by atoms with Crippen molar-refractivity contribution in [1.29, 1.82) is 0 Å². The van der Waals surface area contributed by atoms with E-state index in [1.807, 2.05) is 25.1 Å². The predicted molar refractivity (Wildman–Crippen MR) is 93.1 cm³/mol. The molecular weight excluding hydrogens is 368 g/mol. The third-order valence-corrected chi connectivity index (χ3v) is 7.20. The Morgan fingerprint density at radius 3 is 2.33 bits per heavy atom. The van der Waals surface area contributed by atoms with Gasteiger partial charge < -0.3 is 0 Å². The number of hydrogen-bond donors (Lipinski definition) is 0. The van der Waals surface area contributed by atoms with Gasteiger partial charge >= 0.3 is 0 Å². The maximum atomic E-state index is 12.8. The molecule has 122 valence electrons. The van der Waals surface area contributed by atoms with Crippen LogP contribution in [0.2, 0.25) is 0 Å². The Morgan fingerprint density at radius 2 is 1.79 bits per heavy atom. The molecule has 1 aliphatic heterocycles. The first-order chi connectivity index (χ1) is 11.5. The fraction of sp³-hybridized carbons (Fsp3) is 0.421. The zero-order chi connectivity index (χ0) is 16.6. The molecule has 5 heteroatoms. The highest BCUT2D eigenvalue weighted by Gasteiger charge is 2.73. The number of carbonyl (C=O) groups is 2. The quantitative estimate of drug-likeness (QED) is 0.446. The molecule has 3 fully saturated rings. The zero-order valence-electron chi connectivity index (χ0n) is 13.3. The minimum atomic E-state index is -0.183. The van der Waals surface area contributed by atoms with Crippen molar-refractivity contribution in [2.75, 3.05) is 0 Å². The number of hydrazone groups is 1. The van der Waals surface area contributed by atoms with Gasteiger partial charge in [0.2, 0.25) is 0 Å². The highest BCUT2D eigenvalue weighted by Crippen LogP contribution is 2.73. The number of rotatable bonds is 2. The van der Waals surface area contributed by atoms with E-state index in [4.69, 9.17) is 0 Å². The molecule has 3 aliphatic carbocycles. The normalized spacial score (nSPS) is 34.8. The Balaban J connectivity index is 1.43. The summed E-state index contributed by atoms with van der Waals surface area (Å²) in [6.45, 7) is 2.01. The van der Waals surface area contributed by atoms with Gasteiger partial charge in [-0.3, -0.25) is 9.59 Å². The van der Waals surface area contributed by atoms with Crippen molar-refractivity contribution in [2.45, 2.75) is 19.8 Å². The van der Waals surface area contributed by atoms with Gasteiger partial charge in [-0.05, 0) is 54.2 Å². The van der Waals surface area contributed by atoms with Crippen LogP contribution in [-0.2, 0) is 9.59 Å². The van der Waals surface area contributed by atoms with Crippen molar-refractivity contribution >= 4 is 34.0 Å². The van der Waals surface area contributed by atoms with Crippen molar-refractivity contribution in [2.24, 2.45) is 34.2 Å². The number of hydrogen-bond acceptors (Lipinski definition) is 3. The van der Waals surface area contributed by atoms with E-state index in [2.05, 4.69) is 33.2 Å². The number of imide groups is 1. The lowest BCUT2D eigenvalue weighted by Gasteiger charge is -2.18. The Kier molecular flexibility index (Phi) is 2.83. The summed E-state index contributed by atoms with van der Waals surface area (Å²) in [4.78, 5) is 25.6. The fourth-order valence-corrected chi connectivity index (χ4v) is 5.39. The van der Waals surface area contributed by atoms with Crippen LogP contribution in [0.15, 0.2) is 39.9 Å². The van der Waals surface area contributed by atoms with Gasteiger partial charge in [0.1, 0.15) is 0 Å². The lowest BCUT2D eigenvalue weighted by molar-refractivity contribution is -0.141. The molecule has 0 unspecified atom stereocenters. The van der Waals surface area contributed by atoms with Gasteiger partial charge in [-0.25, -0.2) is 0 Å². The lowest BCUT2D eigenvalue weighted by Crippen LogP contribution is -2.30. The van der Waals surface area contributed by atoms with Crippen molar-refractivity contribution in [1.82, 2.24) is 5.01 Å². The molecule has 2 amide bonds. The smallest absolute Gasteiger partial charge is 0.254 e. The second-order valence-electron chi connectivity index (χ2n) is 7.46. The molecule has 0 aromatic heterocycles. The molecule has 5 rings (SSSR count).